The Balaban J connectivity index is 2.03. The fourth-order valence-electron chi connectivity index (χ4n) is 2.37. The van der Waals surface area contributed by atoms with Crippen LogP contribution in [0.15, 0.2) is 36.8 Å². The molecule has 0 bridgehead atoms. The van der Waals surface area contributed by atoms with Gasteiger partial charge in [-0.15, -0.1) is 0 Å². The lowest BCUT2D eigenvalue weighted by Crippen LogP contribution is -2.21. The van der Waals surface area contributed by atoms with Crippen LogP contribution in [0.25, 0.3) is 0 Å². The Morgan fingerprint density at radius 1 is 1.21 bits per heavy atom. The SMILES string of the molecule is Cc1ccccc1C(C)NCc1cncn1C(C)C. The largest absolute Gasteiger partial charge is 0.331 e. The second kappa shape index (κ2) is 6.02. The van der Waals surface area contributed by atoms with Gasteiger partial charge < -0.3 is 9.88 Å². The van der Waals surface area contributed by atoms with E-state index in [0.29, 0.717) is 12.1 Å². The highest BCUT2D eigenvalue weighted by molar-refractivity contribution is 5.28. The smallest absolute Gasteiger partial charge is 0.0951 e. The van der Waals surface area contributed by atoms with E-state index in [1.807, 2.05) is 12.5 Å². The van der Waals surface area contributed by atoms with Crippen LogP contribution in [-0.2, 0) is 6.54 Å². The Labute approximate surface area is 115 Å². The van der Waals surface area contributed by atoms with E-state index in [9.17, 15) is 0 Å². The summed E-state index contributed by atoms with van der Waals surface area (Å²) in [7, 11) is 0. The van der Waals surface area contributed by atoms with E-state index < -0.39 is 0 Å². The van der Waals surface area contributed by atoms with E-state index in [-0.39, 0.29) is 0 Å². The number of aryl methyl sites for hydroxylation is 1. The van der Waals surface area contributed by atoms with Crippen LogP contribution in [0.4, 0.5) is 0 Å². The standard InChI is InChI=1S/C16H23N3/c1-12(2)19-11-17-9-15(19)10-18-14(4)16-8-6-5-7-13(16)3/h5-9,11-12,14,18H,10H2,1-4H3. The molecule has 1 aromatic heterocycles. The fourth-order valence-corrected chi connectivity index (χ4v) is 2.37. The average molecular weight is 257 g/mol. The van der Waals surface area contributed by atoms with E-state index in [1.165, 1.54) is 16.8 Å². The highest BCUT2D eigenvalue weighted by Gasteiger charge is 2.10. The number of benzene rings is 1. The molecule has 1 heterocycles. The fraction of sp³-hybridized carbons (Fsp3) is 0.438. The minimum absolute atomic E-state index is 0.344. The zero-order valence-electron chi connectivity index (χ0n) is 12.2. The van der Waals surface area contributed by atoms with Gasteiger partial charge in [-0.3, -0.25) is 0 Å². The van der Waals surface area contributed by atoms with E-state index in [2.05, 4.69) is 66.8 Å². The Morgan fingerprint density at radius 2 is 1.95 bits per heavy atom. The molecule has 2 rings (SSSR count). The van der Waals surface area contributed by atoms with Gasteiger partial charge in [0.1, 0.15) is 0 Å². The molecule has 0 saturated carbocycles. The molecule has 102 valence electrons. The van der Waals surface area contributed by atoms with Gasteiger partial charge in [-0.1, -0.05) is 24.3 Å². The van der Waals surface area contributed by atoms with E-state index in [0.717, 1.165) is 6.54 Å². The summed E-state index contributed by atoms with van der Waals surface area (Å²) in [6, 6.07) is 9.32. The molecular weight excluding hydrogens is 234 g/mol. The second-order valence-electron chi connectivity index (χ2n) is 5.35. The van der Waals surface area contributed by atoms with Crippen molar-refractivity contribution < 1.29 is 0 Å². The van der Waals surface area contributed by atoms with E-state index >= 15 is 0 Å². The Hall–Kier alpha value is -1.61. The first-order valence-electron chi connectivity index (χ1n) is 6.89. The van der Waals surface area contributed by atoms with Crippen LogP contribution in [-0.4, -0.2) is 9.55 Å². The quantitative estimate of drug-likeness (QED) is 0.886. The summed E-state index contributed by atoms with van der Waals surface area (Å²) in [6.45, 7) is 9.56. The molecule has 3 nitrogen and oxygen atoms in total. The van der Waals surface area contributed by atoms with E-state index in [4.69, 9.17) is 0 Å². The maximum Gasteiger partial charge on any atom is 0.0951 e. The van der Waals surface area contributed by atoms with Crippen LogP contribution >= 0.6 is 0 Å². The molecule has 1 N–H and O–H groups in total. The second-order valence-corrected chi connectivity index (χ2v) is 5.35. The molecule has 0 saturated heterocycles. The van der Waals surface area contributed by atoms with Crippen molar-refractivity contribution in [3.63, 3.8) is 0 Å². The van der Waals surface area contributed by atoms with Crippen LogP contribution in [0.5, 0.6) is 0 Å². The van der Waals surface area contributed by atoms with Crippen LogP contribution < -0.4 is 5.32 Å². The van der Waals surface area contributed by atoms with Crippen LogP contribution in [0.3, 0.4) is 0 Å². The van der Waals surface area contributed by atoms with Crippen molar-refractivity contribution >= 4 is 0 Å². The summed E-state index contributed by atoms with van der Waals surface area (Å²) in [5.74, 6) is 0. The summed E-state index contributed by atoms with van der Waals surface area (Å²) in [6.07, 6.45) is 3.84. The van der Waals surface area contributed by atoms with Crippen LogP contribution in [0, 0.1) is 6.92 Å². The molecule has 0 aliphatic heterocycles. The van der Waals surface area contributed by atoms with Gasteiger partial charge in [0.05, 0.1) is 12.0 Å². The Bertz CT molecular complexity index is 528. The third-order valence-corrected chi connectivity index (χ3v) is 3.55. The zero-order valence-corrected chi connectivity index (χ0v) is 12.2. The van der Waals surface area contributed by atoms with Crippen molar-refractivity contribution in [2.75, 3.05) is 0 Å². The highest BCUT2D eigenvalue weighted by Crippen LogP contribution is 2.17. The molecule has 1 atom stereocenters. The van der Waals surface area contributed by atoms with Gasteiger partial charge in [0.2, 0.25) is 0 Å². The van der Waals surface area contributed by atoms with Gasteiger partial charge in [0, 0.05) is 24.8 Å². The topological polar surface area (TPSA) is 29.9 Å². The van der Waals surface area contributed by atoms with Crippen molar-refractivity contribution in [2.24, 2.45) is 0 Å². The maximum absolute atomic E-state index is 4.23. The first-order chi connectivity index (χ1) is 9.09. The van der Waals surface area contributed by atoms with Gasteiger partial charge in [-0.2, -0.15) is 0 Å². The third-order valence-electron chi connectivity index (χ3n) is 3.55. The molecule has 0 aliphatic carbocycles. The molecular formula is C16H23N3. The average Bonchev–Trinajstić information content (AvgIpc) is 2.85. The van der Waals surface area contributed by atoms with Gasteiger partial charge >= 0.3 is 0 Å². The van der Waals surface area contributed by atoms with Crippen molar-refractivity contribution in [3.8, 4) is 0 Å². The molecule has 2 aromatic rings. The molecule has 0 radical (unpaired) electrons. The lowest BCUT2D eigenvalue weighted by Gasteiger charge is -2.18. The predicted molar refractivity (Wildman–Crippen MR) is 79.0 cm³/mol. The van der Waals surface area contributed by atoms with Gasteiger partial charge in [-0.25, -0.2) is 4.98 Å². The Kier molecular flexibility index (Phi) is 4.38. The molecule has 0 fully saturated rings. The molecule has 19 heavy (non-hydrogen) atoms. The lowest BCUT2D eigenvalue weighted by atomic mass is 10.0. The summed E-state index contributed by atoms with van der Waals surface area (Å²) in [5, 5.41) is 3.58. The Morgan fingerprint density at radius 3 is 2.63 bits per heavy atom. The summed E-state index contributed by atoms with van der Waals surface area (Å²) >= 11 is 0. The first-order valence-corrected chi connectivity index (χ1v) is 6.89. The van der Waals surface area contributed by atoms with Crippen molar-refractivity contribution in [1.82, 2.24) is 14.9 Å². The molecule has 0 aliphatic rings. The zero-order chi connectivity index (χ0) is 13.8. The van der Waals surface area contributed by atoms with Crippen molar-refractivity contribution in [3.05, 3.63) is 53.6 Å². The molecule has 3 heteroatoms. The maximum atomic E-state index is 4.23. The van der Waals surface area contributed by atoms with Gasteiger partial charge in [-0.05, 0) is 38.8 Å². The number of hydrogen-bond donors (Lipinski definition) is 1. The van der Waals surface area contributed by atoms with Crippen molar-refractivity contribution in [1.29, 1.82) is 0 Å². The summed E-state index contributed by atoms with van der Waals surface area (Å²) in [4.78, 5) is 4.23. The lowest BCUT2D eigenvalue weighted by molar-refractivity contribution is 0.517. The first kappa shape index (κ1) is 13.8. The molecule has 1 unspecified atom stereocenters. The van der Waals surface area contributed by atoms with Crippen LogP contribution in [0.2, 0.25) is 0 Å². The summed E-state index contributed by atoms with van der Waals surface area (Å²) < 4.78 is 2.21. The highest BCUT2D eigenvalue weighted by atomic mass is 15.1. The molecule has 0 spiro atoms. The van der Waals surface area contributed by atoms with Crippen LogP contribution in [0.1, 0.15) is 49.7 Å². The number of imidazole rings is 1. The number of rotatable bonds is 5. The molecule has 1 aromatic carbocycles. The predicted octanol–water partition coefficient (Wildman–Crippen LogP) is 3.62. The van der Waals surface area contributed by atoms with Gasteiger partial charge in [0.25, 0.3) is 0 Å². The number of nitrogens with one attached hydrogen (secondary N) is 1. The van der Waals surface area contributed by atoms with Gasteiger partial charge in [0.15, 0.2) is 0 Å². The monoisotopic (exact) mass is 257 g/mol. The normalized spacial score (nSPS) is 12.9. The number of nitrogens with zero attached hydrogens (tertiary/aromatic N) is 2. The minimum atomic E-state index is 0.344. The third kappa shape index (κ3) is 3.24. The van der Waals surface area contributed by atoms with E-state index in [1.54, 1.807) is 0 Å². The minimum Gasteiger partial charge on any atom is -0.331 e. The number of aromatic nitrogens is 2. The number of hydrogen-bond acceptors (Lipinski definition) is 2. The molecule has 0 amide bonds. The summed E-state index contributed by atoms with van der Waals surface area (Å²) in [5.41, 5.74) is 3.92. The van der Waals surface area contributed by atoms with Crippen molar-refractivity contribution in [2.45, 2.75) is 46.3 Å².